The molecule has 0 aliphatic heterocycles. The maximum Gasteiger partial charge on any atom is 0.193 e. The summed E-state index contributed by atoms with van der Waals surface area (Å²) in [5, 5.41) is 0.0182. The molecule has 0 fully saturated rings. The van der Waals surface area contributed by atoms with Crippen LogP contribution in [-0.4, -0.2) is 5.78 Å². The van der Waals surface area contributed by atoms with Crippen molar-refractivity contribution < 1.29 is 9.18 Å². The molecule has 0 N–H and O–H groups in total. The predicted molar refractivity (Wildman–Crippen MR) is 61.3 cm³/mol. The number of carbonyl (C=O) groups is 1. The van der Waals surface area contributed by atoms with E-state index in [4.69, 9.17) is 11.6 Å². The summed E-state index contributed by atoms with van der Waals surface area (Å²) in [6.07, 6.45) is 0. The molecule has 80 valence electrons. The Balaban J connectivity index is 2.39. The third kappa shape index (κ3) is 2.12. The van der Waals surface area contributed by atoms with Gasteiger partial charge in [0.2, 0.25) is 0 Å². The van der Waals surface area contributed by atoms with E-state index in [1.807, 2.05) is 6.07 Å². The van der Waals surface area contributed by atoms with Gasteiger partial charge in [0.05, 0.1) is 5.02 Å². The summed E-state index contributed by atoms with van der Waals surface area (Å²) in [7, 11) is 0. The summed E-state index contributed by atoms with van der Waals surface area (Å²) < 4.78 is 13.2. The van der Waals surface area contributed by atoms with Gasteiger partial charge in [0.15, 0.2) is 5.78 Å². The third-order valence-corrected chi connectivity index (χ3v) is 2.52. The van der Waals surface area contributed by atoms with Gasteiger partial charge in [-0.1, -0.05) is 41.9 Å². The molecule has 2 aromatic rings. The molecule has 0 atom stereocenters. The zero-order valence-electron chi connectivity index (χ0n) is 8.28. The number of ketones is 1. The molecule has 16 heavy (non-hydrogen) atoms. The van der Waals surface area contributed by atoms with Crippen molar-refractivity contribution in [3.05, 3.63) is 70.5 Å². The standard InChI is InChI=1S/C13H8ClFO/c14-11-7-6-10(8-12(11)15)13(16)9-4-2-1-3-5-9/h1-8H. The summed E-state index contributed by atoms with van der Waals surface area (Å²) in [5.74, 6) is -0.792. The normalized spacial score (nSPS) is 10.1. The fourth-order valence-electron chi connectivity index (χ4n) is 1.39. The zero-order valence-corrected chi connectivity index (χ0v) is 9.04. The quantitative estimate of drug-likeness (QED) is 0.724. The van der Waals surface area contributed by atoms with Gasteiger partial charge < -0.3 is 0 Å². The Kier molecular flexibility index (Phi) is 3.02. The van der Waals surface area contributed by atoms with E-state index in [9.17, 15) is 9.18 Å². The van der Waals surface area contributed by atoms with Crippen molar-refractivity contribution in [1.29, 1.82) is 0 Å². The fourth-order valence-corrected chi connectivity index (χ4v) is 1.51. The molecule has 2 aromatic carbocycles. The Morgan fingerprint density at radius 1 is 1.00 bits per heavy atom. The highest BCUT2D eigenvalue weighted by atomic mass is 35.5. The monoisotopic (exact) mass is 234 g/mol. The van der Waals surface area contributed by atoms with Crippen LogP contribution < -0.4 is 0 Å². The average molecular weight is 235 g/mol. The van der Waals surface area contributed by atoms with Gasteiger partial charge in [-0.25, -0.2) is 4.39 Å². The van der Waals surface area contributed by atoms with Crippen molar-refractivity contribution in [3.8, 4) is 0 Å². The lowest BCUT2D eigenvalue weighted by molar-refractivity contribution is 0.103. The van der Waals surface area contributed by atoms with Gasteiger partial charge in [-0.3, -0.25) is 4.79 Å². The highest BCUT2D eigenvalue weighted by Crippen LogP contribution is 2.17. The molecule has 0 heterocycles. The summed E-state index contributed by atoms with van der Waals surface area (Å²) in [4.78, 5) is 11.9. The molecule has 0 saturated heterocycles. The van der Waals surface area contributed by atoms with Crippen molar-refractivity contribution in [2.24, 2.45) is 0 Å². The fraction of sp³-hybridized carbons (Fsp3) is 0. The van der Waals surface area contributed by atoms with Crippen LogP contribution >= 0.6 is 11.6 Å². The third-order valence-electron chi connectivity index (χ3n) is 2.22. The molecule has 0 saturated carbocycles. The van der Waals surface area contributed by atoms with Gasteiger partial charge in [-0.05, 0) is 18.2 Å². The van der Waals surface area contributed by atoms with E-state index in [1.165, 1.54) is 12.1 Å². The maximum absolute atomic E-state index is 13.2. The average Bonchev–Trinajstić information content (AvgIpc) is 2.33. The molecule has 0 unspecified atom stereocenters. The van der Waals surface area contributed by atoms with E-state index < -0.39 is 5.82 Å². The van der Waals surface area contributed by atoms with Crippen molar-refractivity contribution in [2.75, 3.05) is 0 Å². The molecule has 0 radical (unpaired) electrons. The molecule has 1 nitrogen and oxygen atoms in total. The van der Waals surface area contributed by atoms with Crippen LogP contribution in [0.15, 0.2) is 48.5 Å². The predicted octanol–water partition coefficient (Wildman–Crippen LogP) is 3.71. The van der Waals surface area contributed by atoms with Crippen LogP contribution in [0.4, 0.5) is 4.39 Å². The summed E-state index contributed by atoms with van der Waals surface area (Å²) in [6.45, 7) is 0. The van der Waals surface area contributed by atoms with Crippen molar-refractivity contribution >= 4 is 17.4 Å². The second-order valence-electron chi connectivity index (χ2n) is 3.32. The number of rotatable bonds is 2. The lowest BCUT2D eigenvalue weighted by Gasteiger charge is -2.01. The molecule has 0 aliphatic carbocycles. The number of carbonyl (C=O) groups excluding carboxylic acids is 1. The lowest BCUT2D eigenvalue weighted by atomic mass is 10.0. The molecule has 0 aromatic heterocycles. The molecule has 0 spiro atoms. The van der Waals surface area contributed by atoms with E-state index >= 15 is 0 Å². The molecular weight excluding hydrogens is 227 g/mol. The van der Waals surface area contributed by atoms with Gasteiger partial charge >= 0.3 is 0 Å². The minimum absolute atomic E-state index is 0.0182. The summed E-state index contributed by atoms with van der Waals surface area (Å²) in [6, 6.07) is 12.8. The number of hydrogen-bond acceptors (Lipinski definition) is 1. The minimum atomic E-state index is -0.580. The highest BCUT2D eigenvalue weighted by molar-refractivity contribution is 6.30. The Morgan fingerprint density at radius 2 is 1.69 bits per heavy atom. The maximum atomic E-state index is 13.2. The van der Waals surface area contributed by atoms with Crippen molar-refractivity contribution in [1.82, 2.24) is 0 Å². The summed E-state index contributed by atoms with van der Waals surface area (Å²) in [5.41, 5.74) is 0.831. The van der Waals surface area contributed by atoms with Crippen LogP contribution in [0.3, 0.4) is 0 Å². The SMILES string of the molecule is O=C(c1ccccc1)c1ccc(Cl)c(F)c1. The van der Waals surface area contributed by atoms with Gasteiger partial charge in [0.25, 0.3) is 0 Å². The van der Waals surface area contributed by atoms with Crippen LogP contribution in [0.5, 0.6) is 0 Å². The van der Waals surface area contributed by atoms with Crippen molar-refractivity contribution in [3.63, 3.8) is 0 Å². The first-order valence-corrected chi connectivity index (χ1v) is 5.11. The first-order valence-electron chi connectivity index (χ1n) is 4.73. The van der Waals surface area contributed by atoms with Gasteiger partial charge in [0.1, 0.15) is 5.82 Å². The largest absolute Gasteiger partial charge is 0.289 e. The van der Waals surface area contributed by atoms with Crippen LogP contribution in [-0.2, 0) is 0 Å². The molecular formula is C13H8ClFO. The lowest BCUT2D eigenvalue weighted by Crippen LogP contribution is -2.01. The van der Waals surface area contributed by atoms with Crippen molar-refractivity contribution in [2.45, 2.75) is 0 Å². The minimum Gasteiger partial charge on any atom is -0.289 e. The highest BCUT2D eigenvalue weighted by Gasteiger charge is 2.10. The molecule has 2 rings (SSSR count). The number of hydrogen-bond donors (Lipinski definition) is 0. The Bertz CT molecular complexity index is 523. The smallest absolute Gasteiger partial charge is 0.193 e. The Labute approximate surface area is 97.5 Å². The Morgan fingerprint density at radius 3 is 2.31 bits per heavy atom. The number of halogens is 2. The van der Waals surface area contributed by atoms with Crippen LogP contribution in [0.2, 0.25) is 5.02 Å². The number of benzene rings is 2. The zero-order chi connectivity index (χ0) is 11.5. The van der Waals surface area contributed by atoms with Gasteiger partial charge in [-0.2, -0.15) is 0 Å². The molecule has 3 heteroatoms. The van der Waals surface area contributed by atoms with Crippen LogP contribution in [0.1, 0.15) is 15.9 Å². The van der Waals surface area contributed by atoms with Crippen LogP contribution in [0.25, 0.3) is 0 Å². The first kappa shape index (κ1) is 10.8. The van der Waals surface area contributed by atoms with E-state index in [2.05, 4.69) is 0 Å². The van der Waals surface area contributed by atoms with E-state index in [1.54, 1.807) is 24.3 Å². The van der Waals surface area contributed by atoms with Crippen LogP contribution in [0, 0.1) is 5.82 Å². The first-order chi connectivity index (χ1) is 7.68. The topological polar surface area (TPSA) is 17.1 Å². The van der Waals surface area contributed by atoms with E-state index in [0.29, 0.717) is 11.1 Å². The molecule has 0 aliphatic rings. The Hall–Kier alpha value is -1.67. The van der Waals surface area contributed by atoms with E-state index in [-0.39, 0.29) is 10.8 Å². The van der Waals surface area contributed by atoms with Gasteiger partial charge in [0, 0.05) is 11.1 Å². The second kappa shape index (κ2) is 4.45. The van der Waals surface area contributed by atoms with E-state index in [0.717, 1.165) is 6.07 Å². The second-order valence-corrected chi connectivity index (χ2v) is 3.73. The molecule has 0 bridgehead atoms. The summed E-state index contributed by atoms with van der Waals surface area (Å²) >= 11 is 5.55. The van der Waals surface area contributed by atoms with Gasteiger partial charge in [-0.15, -0.1) is 0 Å². The molecule has 0 amide bonds.